The average Bonchev–Trinajstić information content (AvgIpc) is 2.29. The van der Waals surface area contributed by atoms with Gasteiger partial charge in [-0.25, -0.2) is 19.0 Å². The van der Waals surface area contributed by atoms with Gasteiger partial charge in [-0.2, -0.15) is 0 Å². The van der Waals surface area contributed by atoms with Gasteiger partial charge in [0.1, 0.15) is 0 Å². The molecule has 3 N–H and O–H groups in total. The minimum Gasteiger partial charge on any atom is -0.382 e. The summed E-state index contributed by atoms with van der Waals surface area (Å²) >= 11 is 0. The van der Waals surface area contributed by atoms with Crippen LogP contribution in [0.25, 0.3) is 6.08 Å². The maximum atomic E-state index is 10.0. The third-order valence-corrected chi connectivity index (χ3v) is 2.88. The lowest BCUT2D eigenvalue weighted by molar-refractivity contribution is 0.239. The van der Waals surface area contributed by atoms with E-state index in [9.17, 15) is 8.42 Å². The number of hydrogen-bond acceptors (Lipinski definition) is 4. The molecule has 2 rings (SSSR count). The van der Waals surface area contributed by atoms with Crippen molar-refractivity contribution in [1.29, 1.82) is 0 Å². The number of rotatable bonds is 1. The van der Waals surface area contributed by atoms with Crippen LogP contribution in [-0.2, 0) is 10.0 Å². The molecule has 0 atom stereocenters. The first kappa shape index (κ1) is 13.3. The fourth-order valence-corrected chi connectivity index (χ4v) is 0.932. The van der Waals surface area contributed by atoms with Crippen LogP contribution in [0, 0.1) is 0 Å². The van der Waals surface area contributed by atoms with Crippen molar-refractivity contribution >= 4 is 16.1 Å². The second kappa shape index (κ2) is 5.51. The second-order valence-electron chi connectivity index (χ2n) is 3.34. The topological polar surface area (TPSA) is 81.4 Å². The summed E-state index contributed by atoms with van der Waals surface area (Å²) in [6, 6.07) is 7.86. The molecule has 0 saturated heterocycles. The van der Waals surface area contributed by atoms with Crippen molar-refractivity contribution in [3.05, 3.63) is 47.5 Å². The summed E-state index contributed by atoms with van der Waals surface area (Å²) in [6.45, 7) is 4.46. The van der Waals surface area contributed by atoms with Crippen LogP contribution in [0.2, 0.25) is 0 Å². The monoisotopic (exact) mass is 254 g/mol. The first-order valence-electron chi connectivity index (χ1n) is 4.77. The van der Waals surface area contributed by atoms with E-state index in [1.54, 1.807) is 6.20 Å². The Morgan fingerprint density at radius 3 is 2.53 bits per heavy atom. The van der Waals surface area contributed by atoms with E-state index < -0.39 is 10.0 Å². The van der Waals surface area contributed by atoms with Crippen LogP contribution in [0.3, 0.4) is 0 Å². The number of benzene rings is 1. The smallest absolute Gasteiger partial charge is 0.233 e. The summed E-state index contributed by atoms with van der Waals surface area (Å²) in [4.78, 5) is 5.08. The van der Waals surface area contributed by atoms with Crippen LogP contribution >= 0.6 is 0 Å². The van der Waals surface area contributed by atoms with Gasteiger partial charge in [0.15, 0.2) is 5.75 Å². The SMILES string of the molecule is C1=Cc2ccccc2ON1.C=C(C)S(N)(=O)=O. The van der Waals surface area contributed by atoms with E-state index in [1.165, 1.54) is 6.92 Å². The van der Waals surface area contributed by atoms with Crippen LogP contribution in [0.1, 0.15) is 12.5 Å². The lowest BCUT2D eigenvalue weighted by Crippen LogP contribution is -2.13. The Morgan fingerprint density at radius 1 is 1.41 bits per heavy atom. The van der Waals surface area contributed by atoms with Gasteiger partial charge in [0, 0.05) is 16.7 Å². The van der Waals surface area contributed by atoms with E-state index in [2.05, 4.69) is 17.2 Å². The number of fused-ring (bicyclic) bond motifs is 1. The Kier molecular flexibility index (Phi) is 4.30. The highest BCUT2D eigenvalue weighted by atomic mass is 32.2. The summed E-state index contributed by atoms with van der Waals surface area (Å²) in [6.07, 6.45) is 3.74. The third-order valence-electron chi connectivity index (χ3n) is 1.90. The van der Waals surface area contributed by atoms with Crippen LogP contribution in [0.4, 0.5) is 0 Å². The zero-order valence-electron chi connectivity index (χ0n) is 9.38. The quantitative estimate of drug-likeness (QED) is 0.793. The summed E-state index contributed by atoms with van der Waals surface area (Å²) in [5.41, 5.74) is 3.77. The van der Waals surface area contributed by atoms with Crippen LogP contribution in [0.5, 0.6) is 5.75 Å². The molecular formula is C11H14N2O3S. The molecule has 1 aliphatic heterocycles. The molecule has 0 radical (unpaired) electrons. The number of hydroxylamine groups is 1. The molecule has 0 saturated carbocycles. The van der Waals surface area contributed by atoms with Crippen LogP contribution in [-0.4, -0.2) is 8.42 Å². The van der Waals surface area contributed by atoms with Crippen LogP contribution in [0.15, 0.2) is 41.9 Å². The molecule has 1 aliphatic rings. The standard InChI is InChI=1S/C8H7NO.C3H7NO2S/c1-2-4-8-7(3-1)5-6-9-10-8;1-3(2)7(4,5)6/h1-6,9H;1H2,2H3,(H2,4,5,6). The van der Waals surface area contributed by atoms with Crippen molar-refractivity contribution in [3.63, 3.8) is 0 Å². The first-order chi connectivity index (χ1) is 7.91. The highest BCUT2D eigenvalue weighted by molar-refractivity contribution is 7.93. The first-order valence-corrected chi connectivity index (χ1v) is 6.32. The number of para-hydroxylation sites is 1. The predicted octanol–water partition coefficient (Wildman–Crippen LogP) is 1.36. The number of sulfonamides is 1. The van der Waals surface area contributed by atoms with E-state index in [1.807, 2.05) is 30.3 Å². The molecule has 0 amide bonds. The molecular weight excluding hydrogens is 240 g/mol. The Bertz CT molecular complexity index is 535. The normalized spacial score (nSPS) is 12.4. The molecule has 0 unspecified atom stereocenters. The molecule has 1 heterocycles. The molecule has 1 aromatic carbocycles. The molecule has 6 heteroatoms. The van der Waals surface area contributed by atoms with Gasteiger partial charge in [0.25, 0.3) is 0 Å². The van der Waals surface area contributed by atoms with Gasteiger partial charge in [-0.3, -0.25) is 0 Å². The second-order valence-corrected chi connectivity index (χ2v) is 5.13. The lowest BCUT2D eigenvalue weighted by Gasteiger charge is -2.11. The van der Waals surface area contributed by atoms with Gasteiger partial charge in [-0.05, 0) is 19.1 Å². The van der Waals surface area contributed by atoms with Gasteiger partial charge < -0.3 is 4.84 Å². The highest BCUT2D eigenvalue weighted by Crippen LogP contribution is 2.20. The van der Waals surface area contributed by atoms with Crippen molar-refractivity contribution in [2.75, 3.05) is 0 Å². The fraction of sp³-hybridized carbons (Fsp3) is 0.0909. The van der Waals surface area contributed by atoms with E-state index in [4.69, 9.17) is 4.84 Å². The van der Waals surface area contributed by atoms with Crippen molar-refractivity contribution in [2.24, 2.45) is 5.14 Å². The largest absolute Gasteiger partial charge is 0.382 e. The maximum Gasteiger partial charge on any atom is 0.233 e. The van der Waals surface area contributed by atoms with Gasteiger partial charge in [0.05, 0.1) is 0 Å². The van der Waals surface area contributed by atoms with Crippen molar-refractivity contribution in [3.8, 4) is 5.75 Å². The van der Waals surface area contributed by atoms with Gasteiger partial charge in [0.2, 0.25) is 10.0 Å². The molecule has 0 aromatic heterocycles. The molecule has 17 heavy (non-hydrogen) atoms. The van der Waals surface area contributed by atoms with Crippen molar-refractivity contribution in [1.82, 2.24) is 5.48 Å². The predicted molar refractivity (Wildman–Crippen MR) is 67.2 cm³/mol. The minimum absolute atomic E-state index is 0.00694. The fourth-order valence-electron chi connectivity index (χ4n) is 0.932. The average molecular weight is 254 g/mol. The molecule has 0 fully saturated rings. The highest BCUT2D eigenvalue weighted by Gasteiger charge is 2.01. The number of nitrogens with one attached hydrogen (secondary N) is 1. The van der Waals surface area contributed by atoms with Gasteiger partial charge in [-0.15, -0.1) is 0 Å². The van der Waals surface area contributed by atoms with Gasteiger partial charge >= 0.3 is 0 Å². The van der Waals surface area contributed by atoms with E-state index in [0.29, 0.717) is 0 Å². The van der Waals surface area contributed by atoms with E-state index >= 15 is 0 Å². The van der Waals surface area contributed by atoms with E-state index in [0.717, 1.165) is 11.3 Å². The number of primary sulfonamides is 1. The van der Waals surface area contributed by atoms with Gasteiger partial charge in [-0.1, -0.05) is 24.8 Å². The van der Waals surface area contributed by atoms with Crippen LogP contribution < -0.4 is 15.5 Å². The zero-order valence-corrected chi connectivity index (χ0v) is 10.2. The summed E-state index contributed by atoms with van der Waals surface area (Å²) in [5.74, 6) is 0.880. The summed E-state index contributed by atoms with van der Waals surface area (Å²) in [7, 11) is -3.44. The van der Waals surface area contributed by atoms with Crippen molar-refractivity contribution in [2.45, 2.75) is 6.92 Å². The molecule has 0 bridgehead atoms. The number of allylic oxidation sites excluding steroid dienone is 1. The molecule has 0 spiro atoms. The Labute approximate surface area is 101 Å². The molecule has 5 nitrogen and oxygen atoms in total. The number of hydrogen-bond donors (Lipinski definition) is 2. The molecule has 0 aliphatic carbocycles. The van der Waals surface area contributed by atoms with Crippen molar-refractivity contribution < 1.29 is 13.3 Å². The third kappa shape index (κ3) is 4.29. The summed E-state index contributed by atoms with van der Waals surface area (Å²) in [5, 5.41) is 4.55. The maximum absolute atomic E-state index is 10.0. The van der Waals surface area contributed by atoms with E-state index in [-0.39, 0.29) is 4.91 Å². The molecule has 92 valence electrons. The molecule has 1 aromatic rings. The minimum atomic E-state index is -3.44. The Balaban J connectivity index is 0.000000185. The number of nitrogens with two attached hydrogens (primary N) is 1. The summed E-state index contributed by atoms with van der Waals surface area (Å²) < 4.78 is 20.0. The Hall–Kier alpha value is -1.79. The Morgan fingerprint density at radius 2 is 2.00 bits per heavy atom. The lowest BCUT2D eigenvalue weighted by atomic mass is 10.2. The zero-order chi connectivity index (χ0) is 12.9.